The molecular weight excluding hydrogens is 318 g/mol. The van der Waals surface area contributed by atoms with Crippen molar-refractivity contribution < 1.29 is 17.9 Å². The molecule has 1 aliphatic rings. The average molecular weight is 343 g/mol. The van der Waals surface area contributed by atoms with Crippen molar-refractivity contribution in [3.63, 3.8) is 0 Å². The Labute approximate surface area is 138 Å². The predicted molar refractivity (Wildman–Crippen MR) is 88.7 cm³/mol. The fourth-order valence-electron chi connectivity index (χ4n) is 2.51. The summed E-state index contributed by atoms with van der Waals surface area (Å²) in [4.78, 5) is 2.23. The molecule has 130 valence electrons. The zero-order chi connectivity index (χ0) is 16.9. The van der Waals surface area contributed by atoms with Gasteiger partial charge in [0.1, 0.15) is 5.75 Å². The van der Waals surface area contributed by atoms with E-state index in [4.69, 9.17) is 9.47 Å². The molecule has 7 nitrogen and oxygen atoms in total. The van der Waals surface area contributed by atoms with Gasteiger partial charge in [-0.05, 0) is 17.7 Å². The molecule has 1 unspecified atom stereocenters. The number of ether oxygens (including phenoxy) is 2. The van der Waals surface area contributed by atoms with Gasteiger partial charge in [-0.1, -0.05) is 12.1 Å². The SMILES string of the molecule is COc1cccc(C(CNS(=O)(=O)N(C)C)N2CCOCC2)c1. The lowest BCUT2D eigenvalue weighted by Crippen LogP contribution is -2.45. The van der Waals surface area contributed by atoms with Gasteiger partial charge in [-0.2, -0.15) is 12.7 Å². The lowest BCUT2D eigenvalue weighted by atomic mass is 10.0. The van der Waals surface area contributed by atoms with E-state index >= 15 is 0 Å². The molecule has 1 aromatic rings. The molecule has 0 amide bonds. The van der Waals surface area contributed by atoms with Gasteiger partial charge < -0.3 is 9.47 Å². The second kappa shape index (κ2) is 8.07. The molecule has 0 radical (unpaired) electrons. The molecule has 1 N–H and O–H groups in total. The van der Waals surface area contributed by atoms with Gasteiger partial charge in [0.2, 0.25) is 0 Å². The maximum absolute atomic E-state index is 12.0. The summed E-state index contributed by atoms with van der Waals surface area (Å²) in [5, 5.41) is 0. The van der Waals surface area contributed by atoms with E-state index in [0.29, 0.717) is 19.8 Å². The predicted octanol–water partition coefficient (Wildman–Crippen LogP) is 0.465. The first kappa shape index (κ1) is 18.2. The maximum atomic E-state index is 12.0. The highest BCUT2D eigenvalue weighted by Gasteiger charge is 2.25. The number of methoxy groups -OCH3 is 1. The molecule has 1 aromatic carbocycles. The van der Waals surface area contributed by atoms with Crippen LogP contribution in [-0.2, 0) is 14.9 Å². The number of morpholine rings is 1. The van der Waals surface area contributed by atoms with E-state index in [0.717, 1.165) is 24.4 Å². The maximum Gasteiger partial charge on any atom is 0.278 e. The van der Waals surface area contributed by atoms with Crippen molar-refractivity contribution in [2.45, 2.75) is 6.04 Å². The van der Waals surface area contributed by atoms with Crippen molar-refractivity contribution in [1.82, 2.24) is 13.9 Å². The standard InChI is InChI=1S/C15H25N3O4S/c1-17(2)23(19,20)16-12-15(18-7-9-22-10-8-18)13-5-4-6-14(11-13)21-3/h4-6,11,15-16H,7-10,12H2,1-3H3. The fraction of sp³-hybridized carbons (Fsp3) is 0.600. The minimum absolute atomic E-state index is 0.0660. The molecule has 0 spiro atoms. The van der Waals surface area contributed by atoms with Gasteiger partial charge in [-0.15, -0.1) is 0 Å². The van der Waals surface area contributed by atoms with Crippen molar-refractivity contribution in [1.29, 1.82) is 0 Å². The summed E-state index contributed by atoms with van der Waals surface area (Å²) in [6.07, 6.45) is 0. The quantitative estimate of drug-likeness (QED) is 0.779. The van der Waals surface area contributed by atoms with E-state index in [1.165, 1.54) is 18.4 Å². The van der Waals surface area contributed by atoms with E-state index in [2.05, 4.69) is 9.62 Å². The molecule has 2 rings (SSSR count). The number of hydrogen-bond acceptors (Lipinski definition) is 5. The second-order valence-electron chi connectivity index (χ2n) is 5.58. The largest absolute Gasteiger partial charge is 0.497 e. The van der Waals surface area contributed by atoms with Gasteiger partial charge >= 0.3 is 0 Å². The van der Waals surface area contributed by atoms with E-state index < -0.39 is 10.2 Å². The van der Waals surface area contributed by atoms with Crippen molar-refractivity contribution in [2.75, 3.05) is 54.1 Å². The van der Waals surface area contributed by atoms with E-state index in [9.17, 15) is 8.42 Å². The highest BCUT2D eigenvalue weighted by molar-refractivity contribution is 7.87. The molecule has 0 aromatic heterocycles. The second-order valence-corrected chi connectivity index (χ2v) is 7.55. The Bertz CT molecular complexity index is 600. The first-order valence-electron chi connectivity index (χ1n) is 7.57. The molecule has 8 heteroatoms. The third-order valence-electron chi connectivity index (χ3n) is 3.90. The minimum atomic E-state index is -3.46. The van der Waals surface area contributed by atoms with Crippen LogP contribution in [0.2, 0.25) is 0 Å². The summed E-state index contributed by atoms with van der Waals surface area (Å²) in [7, 11) is 1.18. The molecule has 0 bridgehead atoms. The van der Waals surface area contributed by atoms with Crippen LogP contribution in [0.25, 0.3) is 0 Å². The summed E-state index contributed by atoms with van der Waals surface area (Å²) >= 11 is 0. The number of rotatable bonds is 7. The zero-order valence-electron chi connectivity index (χ0n) is 13.9. The lowest BCUT2D eigenvalue weighted by molar-refractivity contribution is 0.0171. The van der Waals surface area contributed by atoms with Crippen LogP contribution in [0.4, 0.5) is 0 Å². The fourth-order valence-corrected chi connectivity index (χ4v) is 3.14. The smallest absolute Gasteiger partial charge is 0.278 e. The van der Waals surface area contributed by atoms with Crippen LogP contribution >= 0.6 is 0 Å². The minimum Gasteiger partial charge on any atom is -0.497 e. The molecule has 0 aliphatic carbocycles. The van der Waals surface area contributed by atoms with Crippen LogP contribution in [0, 0.1) is 0 Å². The summed E-state index contributed by atoms with van der Waals surface area (Å²) in [5.74, 6) is 0.760. The van der Waals surface area contributed by atoms with Crippen molar-refractivity contribution in [3.8, 4) is 5.75 Å². The van der Waals surface area contributed by atoms with E-state index in [-0.39, 0.29) is 6.04 Å². The van der Waals surface area contributed by atoms with Gasteiger partial charge in [0.25, 0.3) is 10.2 Å². The van der Waals surface area contributed by atoms with Crippen LogP contribution in [0.3, 0.4) is 0 Å². The number of nitrogens with zero attached hydrogens (tertiary/aromatic N) is 2. The number of hydrogen-bond donors (Lipinski definition) is 1. The molecule has 1 heterocycles. The molecule has 1 aliphatic heterocycles. The van der Waals surface area contributed by atoms with Crippen molar-refractivity contribution in [2.24, 2.45) is 0 Å². The molecule has 1 fully saturated rings. The molecule has 1 saturated heterocycles. The Morgan fingerprint density at radius 3 is 2.65 bits per heavy atom. The Balaban J connectivity index is 2.20. The highest BCUT2D eigenvalue weighted by atomic mass is 32.2. The van der Waals surface area contributed by atoms with Crippen LogP contribution in [0.5, 0.6) is 5.75 Å². The Morgan fingerprint density at radius 2 is 2.04 bits per heavy atom. The Hall–Kier alpha value is -1.19. The first-order chi connectivity index (χ1) is 10.9. The van der Waals surface area contributed by atoms with Crippen LogP contribution < -0.4 is 9.46 Å². The van der Waals surface area contributed by atoms with E-state index in [1.807, 2.05) is 24.3 Å². The van der Waals surface area contributed by atoms with Crippen molar-refractivity contribution in [3.05, 3.63) is 29.8 Å². The molecule has 23 heavy (non-hydrogen) atoms. The van der Waals surface area contributed by atoms with Crippen LogP contribution in [0.15, 0.2) is 24.3 Å². The average Bonchev–Trinajstić information content (AvgIpc) is 2.56. The third kappa shape index (κ3) is 4.89. The number of nitrogens with one attached hydrogen (secondary N) is 1. The van der Waals surface area contributed by atoms with Gasteiger partial charge in [-0.3, -0.25) is 4.90 Å². The third-order valence-corrected chi connectivity index (χ3v) is 5.40. The highest BCUT2D eigenvalue weighted by Crippen LogP contribution is 2.25. The van der Waals surface area contributed by atoms with Gasteiger partial charge in [0.05, 0.1) is 20.3 Å². The Kier molecular flexibility index (Phi) is 6.37. The zero-order valence-corrected chi connectivity index (χ0v) is 14.7. The van der Waals surface area contributed by atoms with Gasteiger partial charge in [0.15, 0.2) is 0 Å². The lowest BCUT2D eigenvalue weighted by Gasteiger charge is -2.35. The van der Waals surface area contributed by atoms with Crippen LogP contribution in [0.1, 0.15) is 11.6 Å². The summed E-state index contributed by atoms with van der Waals surface area (Å²) in [6.45, 7) is 3.15. The molecule has 1 atom stereocenters. The topological polar surface area (TPSA) is 71.1 Å². The molecular formula is C15H25N3O4S. The summed E-state index contributed by atoms with van der Waals surface area (Å²) in [5.41, 5.74) is 1.02. The van der Waals surface area contributed by atoms with Gasteiger partial charge in [0, 0.05) is 39.8 Å². The van der Waals surface area contributed by atoms with Crippen molar-refractivity contribution >= 4 is 10.2 Å². The monoisotopic (exact) mass is 343 g/mol. The number of benzene rings is 1. The Morgan fingerprint density at radius 1 is 1.35 bits per heavy atom. The van der Waals surface area contributed by atoms with Gasteiger partial charge in [-0.25, -0.2) is 4.72 Å². The normalized spacial score (nSPS) is 18.1. The summed E-state index contributed by atoms with van der Waals surface area (Å²) in [6, 6.07) is 7.67. The molecule has 0 saturated carbocycles. The van der Waals surface area contributed by atoms with E-state index in [1.54, 1.807) is 7.11 Å². The first-order valence-corrected chi connectivity index (χ1v) is 9.01. The summed E-state index contributed by atoms with van der Waals surface area (Å²) < 4.78 is 38.6. The van der Waals surface area contributed by atoms with Crippen LogP contribution in [-0.4, -0.2) is 71.7 Å².